The highest BCUT2D eigenvalue weighted by molar-refractivity contribution is 6.12. The van der Waals surface area contributed by atoms with E-state index in [0.29, 0.717) is 5.56 Å². The first kappa shape index (κ1) is 17.1. The number of hydrogen-bond donors (Lipinski definition) is 1. The monoisotopic (exact) mass is 373 g/mol. The van der Waals surface area contributed by atoms with Crippen molar-refractivity contribution >= 4 is 28.6 Å². The second kappa shape index (κ2) is 5.72. The molecular weight excluding hydrogens is 350 g/mol. The molecule has 1 aliphatic carbocycles. The van der Waals surface area contributed by atoms with Gasteiger partial charge in [-0.3, -0.25) is 9.69 Å². The van der Waals surface area contributed by atoms with Crippen LogP contribution in [0.15, 0.2) is 48.6 Å². The predicted octanol–water partition coefficient (Wildman–Crippen LogP) is 3.13. The molecular formula is C23H23N3O2. The second-order valence-electron chi connectivity index (χ2n) is 8.03. The molecule has 0 spiro atoms. The van der Waals surface area contributed by atoms with Gasteiger partial charge in [0.05, 0.1) is 17.3 Å². The molecule has 28 heavy (non-hydrogen) atoms. The maximum atomic E-state index is 13.3. The van der Waals surface area contributed by atoms with E-state index in [0.717, 1.165) is 39.3 Å². The average Bonchev–Trinajstić information content (AvgIpc) is 3.13. The summed E-state index contributed by atoms with van der Waals surface area (Å²) in [6, 6.07) is 11.7. The van der Waals surface area contributed by atoms with Crippen molar-refractivity contribution in [1.82, 2.24) is 4.90 Å². The van der Waals surface area contributed by atoms with Crippen LogP contribution in [0.2, 0.25) is 0 Å². The van der Waals surface area contributed by atoms with Crippen LogP contribution >= 0.6 is 0 Å². The number of aliphatic hydroxyl groups excluding tert-OH is 1. The Labute approximate surface area is 164 Å². The van der Waals surface area contributed by atoms with Gasteiger partial charge in [-0.15, -0.1) is 0 Å². The topological polar surface area (TPSA) is 47.0 Å². The lowest BCUT2D eigenvalue weighted by atomic mass is 9.99. The van der Waals surface area contributed by atoms with Gasteiger partial charge in [0, 0.05) is 45.1 Å². The van der Waals surface area contributed by atoms with E-state index in [-0.39, 0.29) is 11.9 Å². The summed E-state index contributed by atoms with van der Waals surface area (Å²) in [7, 11) is 7.90. The van der Waals surface area contributed by atoms with Gasteiger partial charge in [0.15, 0.2) is 0 Å². The zero-order valence-electron chi connectivity index (χ0n) is 16.5. The Morgan fingerprint density at radius 2 is 1.50 bits per heavy atom. The highest BCUT2D eigenvalue weighted by atomic mass is 16.3. The van der Waals surface area contributed by atoms with Crippen molar-refractivity contribution in [3.05, 3.63) is 70.8 Å². The first-order valence-corrected chi connectivity index (χ1v) is 9.45. The van der Waals surface area contributed by atoms with Crippen molar-refractivity contribution in [1.29, 1.82) is 0 Å². The van der Waals surface area contributed by atoms with Crippen LogP contribution in [0.1, 0.15) is 33.2 Å². The molecule has 5 heteroatoms. The molecule has 0 fully saturated rings. The summed E-state index contributed by atoms with van der Waals surface area (Å²) in [6.07, 6.45) is 3.33. The number of allylic oxidation sites excluding steroid dienone is 2. The van der Waals surface area contributed by atoms with E-state index in [1.54, 1.807) is 4.90 Å². The smallest absolute Gasteiger partial charge is 0.259 e. The van der Waals surface area contributed by atoms with Gasteiger partial charge in [-0.1, -0.05) is 18.2 Å². The molecule has 1 amide bonds. The highest BCUT2D eigenvalue weighted by Gasteiger charge is 2.47. The molecule has 2 aromatic rings. The number of fused-ring (bicyclic) bond motifs is 7. The van der Waals surface area contributed by atoms with Crippen molar-refractivity contribution in [2.45, 2.75) is 12.1 Å². The molecule has 0 bridgehead atoms. The maximum Gasteiger partial charge on any atom is 0.259 e. The van der Waals surface area contributed by atoms with Crippen molar-refractivity contribution < 1.29 is 9.90 Å². The summed E-state index contributed by atoms with van der Waals surface area (Å²) in [5.41, 5.74) is 7.45. The standard InChI is InChI=1S/C23H23N3O2/c1-24(2)13-5-7-15-17-9-10-20-16-8-6-14(25(3)4)12-19(16)23(28)26(20)21(17)22(27)18(15)11-13/h5-12,21-22,27H,1-4H3/t21-,22-/m1/s1. The number of rotatable bonds is 2. The van der Waals surface area contributed by atoms with Crippen molar-refractivity contribution in [2.24, 2.45) is 0 Å². The third kappa shape index (κ3) is 2.14. The van der Waals surface area contributed by atoms with Crippen LogP contribution in [0.4, 0.5) is 11.4 Å². The fourth-order valence-electron chi connectivity index (χ4n) is 4.50. The van der Waals surface area contributed by atoms with E-state index in [1.807, 2.05) is 68.3 Å². The van der Waals surface area contributed by atoms with Crippen LogP contribution in [0, 0.1) is 0 Å². The minimum atomic E-state index is -0.739. The molecule has 0 radical (unpaired) electrons. The Kier molecular flexibility index (Phi) is 3.49. The van der Waals surface area contributed by atoms with Crippen molar-refractivity contribution in [3.63, 3.8) is 0 Å². The molecule has 2 atom stereocenters. The van der Waals surface area contributed by atoms with Gasteiger partial charge in [0.2, 0.25) is 0 Å². The van der Waals surface area contributed by atoms with E-state index in [2.05, 4.69) is 18.2 Å². The van der Waals surface area contributed by atoms with E-state index in [1.165, 1.54) is 0 Å². The van der Waals surface area contributed by atoms with Gasteiger partial charge < -0.3 is 14.9 Å². The van der Waals surface area contributed by atoms with E-state index in [9.17, 15) is 9.90 Å². The molecule has 0 saturated carbocycles. The van der Waals surface area contributed by atoms with E-state index >= 15 is 0 Å². The Morgan fingerprint density at radius 1 is 0.857 bits per heavy atom. The van der Waals surface area contributed by atoms with Crippen LogP contribution in [-0.4, -0.2) is 50.1 Å². The Bertz CT molecular complexity index is 1080. The summed E-state index contributed by atoms with van der Waals surface area (Å²) in [6.45, 7) is 0. The van der Waals surface area contributed by atoms with Crippen LogP contribution in [-0.2, 0) is 0 Å². The number of carbonyl (C=O) groups is 1. The number of benzene rings is 2. The van der Waals surface area contributed by atoms with Crippen molar-refractivity contribution in [3.8, 4) is 0 Å². The van der Waals surface area contributed by atoms with E-state index < -0.39 is 6.10 Å². The van der Waals surface area contributed by atoms with Crippen LogP contribution in [0.5, 0.6) is 0 Å². The summed E-state index contributed by atoms with van der Waals surface area (Å²) in [5.74, 6) is -0.0414. The number of nitrogens with zero attached hydrogens (tertiary/aromatic N) is 3. The number of aliphatic hydroxyl groups is 1. The molecule has 0 unspecified atom stereocenters. The van der Waals surface area contributed by atoms with Gasteiger partial charge in [-0.2, -0.15) is 0 Å². The SMILES string of the molecule is CN(C)c1ccc2c(c1)C(=O)N1C2=CC=C2c3ccc(N(C)C)cc3[C@@H](O)[C@@H]21. The average molecular weight is 373 g/mol. The summed E-state index contributed by atoms with van der Waals surface area (Å²) in [4.78, 5) is 19.1. The van der Waals surface area contributed by atoms with Gasteiger partial charge in [-0.25, -0.2) is 0 Å². The molecule has 0 saturated heterocycles. The largest absolute Gasteiger partial charge is 0.386 e. The molecule has 5 rings (SSSR count). The fraction of sp³-hybridized carbons (Fsp3) is 0.261. The Morgan fingerprint density at radius 3 is 2.18 bits per heavy atom. The molecule has 0 aromatic heterocycles. The minimum absolute atomic E-state index is 0.0414. The number of amides is 1. The number of carbonyl (C=O) groups excluding carboxylic acids is 1. The Hall–Kier alpha value is -3.05. The van der Waals surface area contributed by atoms with Crippen LogP contribution in [0.25, 0.3) is 11.3 Å². The van der Waals surface area contributed by atoms with Crippen LogP contribution < -0.4 is 9.80 Å². The first-order chi connectivity index (χ1) is 13.4. The third-order valence-electron chi connectivity index (χ3n) is 6.00. The van der Waals surface area contributed by atoms with Gasteiger partial charge >= 0.3 is 0 Å². The molecule has 3 aliphatic rings. The van der Waals surface area contributed by atoms with Gasteiger partial charge in [-0.05, 0) is 47.0 Å². The van der Waals surface area contributed by atoms with E-state index in [4.69, 9.17) is 0 Å². The molecule has 2 aliphatic heterocycles. The number of hydrogen-bond acceptors (Lipinski definition) is 4. The van der Waals surface area contributed by atoms with Gasteiger partial charge in [0.1, 0.15) is 6.10 Å². The molecule has 2 aromatic carbocycles. The summed E-state index contributed by atoms with van der Waals surface area (Å²) < 4.78 is 0. The first-order valence-electron chi connectivity index (χ1n) is 9.45. The zero-order valence-corrected chi connectivity index (χ0v) is 16.5. The Balaban J connectivity index is 1.62. The molecule has 2 heterocycles. The maximum absolute atomic E-state index is 13.3. The number of anilines is 2. The summed E-state index contributed by atoms with van der Waals surface area (Å²) in [5, 5.41) is 11.2. The normalized spacial score (nSPS) is 21.5. The van der Waals surface area contributed by atoms with Gasteiger partial charge in [0.25, 0.3) is 5.91 Å². The lowest BCUT2D eigenvalue weighted by Gasteiger charge is -2.32. The molecule has 1 N–H and O–H groups in total. The lowest BCUT2D eigenvalue weighted by Crippen LogP contribution is -2.38. The van der Waals surface area contributed by atoms with Crippen molar-refractivity contribution in [2.75, 3.05) is 38.0 Å². The zero-order chi connectivity index (χ0) is 19.7. The lowest BCUT2D eigenvalue weighted by molar-refractivity contribution is 0.0689. The predicted molar refractivity (Wildman–Crippen MR) is 112 cm³/mol. The van der Waals surface area contributed by atoms with Crippen LogP contribution in [0.3, 0.4) is 0 Å². The fourth-order valence-corrected chi connectivity index (χ4v) is 4.50. The summed E-state index contributed by atoms with van der Waals surface area (Å²) >= 11 is 0. The highest BCUT2D eigenvalue weighted by Crippen LogP contribution is 2.51. The third-order valence-corrected chi connectivity index (χ3v) is 6.00. The quantitative estimate of drug-likeness (QED) is 0.879. The molecule has 5 nitrogen and oxygen atoms in total. The minimum Gasteiger partial charge on any atom is -0.386 e. The molecule has 142 valence electrons. The second-order valence-corrected chi connectivity index (χ2v) is 8.03.